The van der Waals surface area contributed by atoms with Crippen LogP contribution < -0.4 is 0 Å². The number of carbonyl (C=O) groups is 1. The van der Waals surface area contributed by atoms with Crippen LogP contribution >= 0.6 is 0 Å². The Balaban J connectivity index is 2.38. The molecule has 1 saturated heterocycles. The van der Waals surface area contributed by atoms with E-state index in [1.165, 1.54) is 0 Å². The molecule has 0 radical (unpaired) electrons. The van der Waals surface area contributed by atoms with E-state index < -0.39 is 5.60 Å². The predicted molar refractivity (Wildman–Crippen MR) is 55.0 cm³/mol. The van der Waals surface area contributed by atoms with Gasteiger partial charge in [-0.05, 0) is 20.9 Å². The van der Waals surface area contributed by atoms with E-state index in [2.05, 4.69) is 11.9 Å². The van der Waals surface area contributed by atoms with Crippen LogP contribution in [0.2, 0.25) is 0 Å². The maximum atomic E-state index is 11.7. The lowest BCUT2D eigenvalue weighted by molar-refractivity contribution is -0.136. The SMILES string of the molecule is CN1CCN(C(=O)CC(C)(C)O)CC1. The fraction of sp³-hybridized carbons (Fsp3) is 0.900. The molecule has 0 spiro atoms. The van der Waals surface area contributed by atoms with Gasteiger partial charge in [0, 0.05) is 26.2 Å². The molecule has 1 aliphatic rings. The summed E-state index contributed by atoms with van der Waals surface area (Å²) >= 11 is 0. The number of hydrogen-bond donors (Lipinski definition) is 1. The Bertz CT molecular complexity index is 203. The lowest BCUT2D eigenvalue weighted by Gasteiger charge is -2.33. The zero-order valence-electron chi connectivity index (χ0n) is 9.29. The third-order valence-electron chi connectivity index (χ3n) is 2.44. The van der Waals surface area contributed by atoms with Crippen molar-refractivity contribution in [3.05, 3.63) is 0 Å². The van der Waals surface area contributed by atoms with Gasteiger partial charge in [-0.25, -0.2) is 0 Å². The lowest BCUT2D eigenvalue weighted by Crippen LogP contribution is -2.48. The van der Waals surface area contributed by atoms with Crippen LogP contribution in [0.25, 0.3) is 0 Å². The van der Waals surface area contributed by atoms with E-state index in [4.69, 9.17) is 0 Å². The maximum Gasteiger partial charge on any atom is 0.225 e. The van der Waals surface area contributed by atoms with Gasteiger partial charge in [-0.1, -0.05) is 0 Å². The number of carbonyl (C=O) groups excluding carboxylic acids is 1. The second-order valence-electron chi connectivity index (χ2n) is 4.67. The van der Waals surface area contributed by atoms with Crippen LogP contribution in [0, 0.1) is 0 Å². The number of amides is 1. The molecule has 0 aliphatic carbocycles. The van der Waals surface area contributed by atoms with Gasteiger partial charge in [-0.3, -0.25) is 4.79 Å². The minimum atomic E-state index is -0.888. The molecule has 0 aromatic heterocycles. The molecule has 1 aliphatic heterocycles. The van der Waals surface area contributed by atoms with Gasteiger partial charge in [0.05, 0.1) is 12.0 Å². The maximum absolute atomic E-state index is 11.7. The Hall–Kier alpha value is -0.610. The molecule has 0 atom stereocenters. The molecule has 1 amide bonds. The Morgan fingerprint density at radius 1 is 1.29 bits per heavy atom. The normalized spacial score (nSPS) is 19.9. The number of rotatable bonds is 2. The van der Waals surface area contributed by atoms with Crippen molar-refractivity contribution < 1.29 is 9.90 Å². The highest BCUT2D eigenvalue weighted by atomic mass is 16.3. The summed E-state index contributed by atoms with van der Waals surface area (Å²) in [6.45, 7) is 6.76. The number of likely N-dealkylation sites (N-methyl/N-ethyl adjacent to an activating group) is 1. The standard InChI is InChI=1S/C10H20N2O2/c1-10(2,14)8-9(13)12-6-4-11(3)5-7-12/h14H,4-8H2,1-3H3. The highest BCUT2D eigenvalue weighted by Gasteiger charge is 2.24. The Morgan fingerprint density at radius 2 is 1.79 bits per heavy atom. The van der Waals surface area contributed by atoms with Crippen LogP contribution in [0.5, 0.6) is 0 Å². The van der Waals surface area contributed by atoms with Gasteiger partial charge in [0.1, 0.15) is 0 Å². The largest absolute Gasteiger partial charge is 0.390 e. The van der Waals surface area contributed by atoms with Gasteiger partial charge in [0.15, 0.2) is 0 Å². The first kappa shape index (κ1) is 11.5. The molecule has 1 heterocycles. The third kappa shape index (κ3) is 3.64. The Labute approximate surface area is 85.5 Å². The van der Waals surface area contributed by atoms with Crippen LogP contribution in [0.15, 0.2) is 0 Å². The van der Waals surface area contributed by atoms with Gasteiger partial charge in [-0.2, -0.15) is 0 Å². The minimum Gasteiger partial charge on any atom is -0.390 e. The first-order chi connectivity index (χ1) is 6.38. The average Bonchev–Trinajstić information content (AvgIpc) is 2.02. The number of hydrogen-bond acceptors (Lipinski definition) is 3. The van der Waals surface area contributed by atoms with Crippen molar-refractivity contribution in [2.75, 3.05) is 33.2 Å². The van der Waals surface area contributed by atoms with E-state index in [1.54, 1.807) is 13.8 Å². The third-order valence-corrected chi connectivity index (χ3v) is 2.44. The van der Waals surface area contributed by atoms with Crippen molar-refractivity contribution in [2.24, 2.45) is 0 Å². The fourth-order valence-corrected chi connectivity index (χ4v) is 1.54. The highest BCUT2D eigenvalue weighted by molar-refractivity contribution is 5.77. The Morgan fingerprint density at radius 3 is 2.21 bits per heavy atom. The molecule has 1 rings (SSSR count). The number of nitrogens with zero attached hydrogens (tertiary/aromatic N) is 2. The second-order valence-corrected chi connectivity index (χ2v) is 4.67. The van der Waals surface area contributed by atoms with Crippen LogP contribution in [0.1, 0.15) is 20.3 Å². The first-order valence-corrected chi connectivity index (χ1v) is 5.07. The van der Waals surface area contributed by atoms with E-state index in [1.807, 2.05) is 4.90 Å². The quantitative estimate of drug-likeness (QED) is 0.678. The summed E-state index contributed by atoms with van der Waals surface area (Å²) in [6, 6.07) is 0. The molecule has 4 nitrogen and oxygen atoms in total. The summed E-state index contributed by atoms with van der Waals surface area (Å²) in [4.78, 5) is 15.7. The molecule has 0 bridgehead atoms. The van der Waals surface area contributed by atoms with Gasteiger partial charge < -0.3 is 14.9 Å². The smallest absolute Gasteiger partial charge is 0.225 e. The molecule has 1 fully saturated rings. The van der Waals surface area contributed by atoms with Crippen molar-refractivity contribution in [2.45, 2.75) is 25.9 Å². The van der Waals surface area contributed by atoms with E-state index in [0.29, 0.717) is 0 Å². The van der Waals surface area contributed by atoms with Gasteiger partial charge in [0.25, 0.3) is 0 Å². The van der Waals surface area contributed by atoms with E-state index in [9.17, 15) is 9.90 Å². The predicted octanol–water partition coefficient (Wildman–Crippen LogP) is -0.0786. The number of aliphatic hydroxyl groups is 1. The number of piperazine rings is 1. The molecule has 1 N–H and O–H groups in total. The average molecular weight is 200 g/mol. The van der Waals surface area contributed by atoms with Crippen molar-refractivity contribution in [3.63, 3.8) is 0 Å². The molecule has 0 aromatic rings. The van der Waals surface area contributed by atoms with Crippen molar-refractivity contribution in [1.82, 2.24) is 9.80 Å². The minimum absolute atomic E-state index is 0.0607. The summed E-state index contributed by atoms with van der Waals surface area (Å²) in [5, 5.41) is 9.51. The van der Waals surface area contributed by atoms with Crippen molar-refractivity contribution >= 4 is 5.91 Å². The van der Waals surface area contributed by atoms with E-state index in [0.717, 1.165) is 26.2 Å². The van der Waals surface area contributed by atoms with Crippen molar-refractivity contribution in [3.8, 4) is 0 Å². The van der Waals surface area contributed by atoms with Crippen molar-refractivity contribution in [1.29, 1.82) is 0 Å². The molecule has 0 aromatic carbocycles. The van der Waals surface area contributed by atoms with Gasteiger partial charge in [0.2, 0.25) is 5.91 Å². The van der Waals surface area contributed by atoms with Gasteiger partial charge in [-0.15, -0.1) is 0 Å². The first-order valence-electron chi connectivity index (χ1n) is 5.07. The highest BCUT2D eigenvalue weighted by Crippen LogP contribution is 2.11. The molecule has 82 valence electrons. The zero-order chi connectivity index (χ0) is 10.8. The Kier molecular flexibility index (Phi) is 3.50. The zero-order valence-corrected chi connectivity index (χ0v) is 9.29. The fourth-order valence-electron chi connectivity index (χ4n) is 1.54. The van der Waals surface area contributed by atoms with Crippen LogP contribution in [-0.2, 0) is 4.79 Å². The van der Waals surface area contributed by atoms with E-state index in [-0.39, 0.29) is 12.3 Å². The summed E-state index contributed by atoms with van der Waals surface area (Å²) in [7, 11) is 2.05. The summed E-state index contributed by atoms with van der Waals surface area (Å²) in [5.74, 6) is 0.0607. The monoisotopic (exact) mass is 200 g/mol. The molecule has 14 heavy (non-hydrogen) atoms. The molecular weight excluding hydrogens is 180 g/mol. The topological polar surface area (TPSA) is 43.8 Å². The summed E-state index contributed by atoms with van der Waals surface area (Å²) in [6.07, 6.45) is 0.219. The van der Waals surface area contributed by atoms with Gasteiger partial charge >= 0.3 is 0 Å². The summed E-state index contributed by atoms with van der Waals surface area (Å²) < 4.78 is 0. The lowest BCUT2D eigenvalue weighted by atomic mass is 10.0. The molecule has 0 saturated carbocycles. The summed E-state index contributed by atoms with van der Waals surface area (Å²) in [5.41, 5.74) is -0.888. The van der Waals surface area contributed by atoms with E-state index >= 15 is 0 Å². The second kappa shape index (κ2) is 4.28. The molecular formula is C10H20N2O2. The van der Waals surface area contributed by atoms with Crippen LogP contribution in [-0.4, -0.2) is 59.6 Å². The molecule has 4 heteroatoms. The molecule has 0 unspecified atom stereocenters. The van der Waals surface area contributed by atoms with Crippen LogP contribution in [0.4, 0.5) is 0 Å². The van der Waals surface area contributed by atoms with Crippen LogP contribution in [0.3, 0.4) is 0 Å².